The van der Waals surface area contributed by atoms with E-state index in [-0.39, 0.29) is 17.3 Å². The Kier molecular flexibility index (Phi) is 8.25. The summed E-state index contributed by atoms with van der Waals surface area (Å²) in [6, 6.07) is 10.1. The van der Waals surface area contributed by atoms with E-state index in [0.29, 0.717) is 22.9 Å². The van der Waals surface area contributed by atoms with Gasteiger partial charge in [-0.15, -0.1) is 0 Å². The number of rotatable bonds is 7. The summed E-state index contributed by atoms with van der Waals surface area (Å²) in [6.45, 7) is 4.00. The Labute approximate surface area is 217 Å². The van der Waals surface area contributed by atoms with E-state index in [9.17, 15) is 17.6 Å². The number of halogens is 4. The Morgan fingerprint density at radius 3 is 2.47 bits per heavy atom. The van der Waals surface area contributed by atoms with Crippen LogP contribution < -0.4 is 10.7 Å². The van der Waals surface area contributed by atoms with Crippen molar-refractivity contribution in [2.45, 2.75) is 38.8 Å². The number of hydrazone groups is 1. The average Bonchev–Trinajstić information content (AvgIpc) is 3.77. The second-order valence-corrected chi connectivity index (χ2v) is 8.22. The van der Waals surface area contributed by atoms with Crippen molar-refractivity contribution in [1.29, 1.82) is 0 Å². The fourth-order valence-corrected chi connectivity index (χ4v) is 3.50. The van der Waals surface area contributed by atoms with E-state index < -0.39 is 17.6 Å². The average molecular weight is 524 g/mol. The number of anilines is 3. The molecule has 0 saturated heterocycles. The fraction of sp³-hybridized carbons (Fsp3) is 0.222. The quantitative estimate of drug-likeness (QED) is 0.152. The van der Waals surface area contributed by atoms with Gasteiger partial charge in [0.15, 0.2) is 5.82 Å². The predicted molar refractivity (Wildman–Crippen MR) is 139 cm³/mol. The summed E-state index contributed by atoms with van der Waals surface area (Å²) in [6.07, 6.45) is 5.08. The molecule has 0 atom stereocenters. The van der Waals surface area contributed by atoms with Gasteiger partial charge in [-0.3, -0.25) is 9.97 Å². The maximum Gasteiger partial charge on any atom is 0.416 e. The van der Waals surface area contributed by atoms with Crippen molar-refractivity contribution in [3.05, 3.63) is 89.9 Å². The number of aromatic nitrogens is 4. The van der Waals surface area contributed by atoms with Crippen LogP contribution in [0.4, 0.5) is 34.9 Å². The first-order valence-corrected chi connectivity index (χ1v) is 12.0. The highest BCUT2D eigenvalue weighted by Crippen LogP contribution is 2.40. The third kappa shape index (κ3) is 6.87. The molecule has 3 heterocycles. The second kappa shape index (κ2) is 11.8. The molecule has 11 heteroatoms. The normalized spacial score (nSPS) is 13.1. The van der Waals surface area contributed by atoms with E-state index in [1.807, 2.05) is 19.9 Å². The first-order valence-electron chi connectivity index (χ1n) is 12.0. The van der Waals surface area contributed by atoms with Gasteiger partial charge in [-0.2, -0.15) is 18.3 Å². The molecular formula is C27H25F4N7. The van der Waals surface area contributed by atoms with Gasteiger partial charge in [0.1, 0.15) is 5.69 Å². The molecule has 4 aromatic rings. The fourth-order valence-electron chi connectivity index (χ4n) is 3.50. The number of nitrogens with one attached hydrogen (secondary N) is 2. The van der Waals surface area contributed by atoms with Gasteiger partial charge in [0, 0.05) is 23.6 Å². The highest BCUT2D eigenvalue weighted by Gasteiger charge is 2.30. The minimum atomic E-state index is -4.42. The zero-order valence-corrected chi connectivity index (χ0v) is 20.7. The third-order valence-electron chi connectivity index (χ3n) is 5.45. The van der Waals surface area contributed by atoms with Gasteiger partial charge < -0.3 is 5.32 Å². The number of alkyl halides is 3. The van der Waals surface area contributed by atoms with Gasteiger partial charge in [-0.25, -0.2) is 19.8 Å². The minimum Gasteiger partial charge on any atom is -0.354 e. The van der Waals surface area contributed by atoms with E-state index in [4.69, 9.17) is 0 Å². The predicted octanol–water partition coefficient (Wildman–Crippen LogP) is 7.18. The van der Waals surface area contributed by atoms with E-state index >= 15 is 0 Å². The van der Waals surface area contributed by atoms with Gasteiger partial charge in [-0.1, -0.05) is 19.9 Å². The molecule has 0 bridgehead atoms. The molecule has 0 amide bonds. The molecule has 0 radical (unpaired) electrons. The molecule has 1 fully saturated rings. The van der Waals surface area contributed by atoms with E-state index in [0.717, 1.165) is 36.7 Å². The van der Waals surface area contributed by atoms with E-state index in [2.05, 4.69) is 35.8 Å². The van der Waals surface area contributed by atoms with Crippen LogP contribution in [0.15, 0.2) is 72.4 Å². The second-order valence-electron chi connectivity index (χ2n) is 8.22. The summed E-state index contributed by atoms with van der Waals surface area (Å²) in [7, 11) is 0. The molecule has 0 spiro atoms. The largest absolute Gasteiger partial charge is 0.416 e. The highest BCUT2D eigenvalue weighted by atomic mass is 19.4. The first-order chi connectivity index (χ1) is 18.3. The van der Waals surface area contributed by atoms with Crippen LogP contribution in [0, 0.1) is 5.82 Å². The van der Waals surface area contributed by atoms with Crippen LogP contribution in [0.2, 0.25) is 0 Å². The summed E-state index contributed by atoms with van der Waals surface area (Å²) in [5.41, 5.74) is 4.94. The van der Waals surface area contributed by atoms with Crippen LogP contribution in [0.3, 0.4) is 0 Å². The number of pyridine rings is 2. The molecule has 0 aliphatic heterocycles. The lowest BCUT2D eigenvalue weighted by atomic mass is 10.1. The monoisotopic (exact) mass is 523 g/mol. The molecule has 7 nitrogen and oxygen atoms in total. The molecule has 1 aliphatic carbocycles. The minimum absolute atomic E-state index is 0.0994. The smallest absolute Gasteiger partial charge is 0.354 e. The Morgan fingerprint density at radius 1 is 0.947 bits per heavy atom. The van der Waals surface area contributed by atoms with E-state index in [1.165, 1.54) is 24.5 Å². The summed E-state index contributed by atoms with van der Waals surface area (Å²) < 4.78 is 53.0. The van der Waals surface area contributed by atoms with Crippen molar-refractivity contribution in [1.82, 2.24) is 19.9 Å². The zero-order chi connectivity index (χ0) is 27.1. The molecule has 1 saturated carbocycles. The Balaban J connectivity index is 0.00000164. The van der Waals surface area contributed by atoms with Gasteiger partial charge in [0.25, 0.3) is 0 Å². The Bertz CT molecular complexity index is 1400. The SMILES string of the molecule is CC.Fc1cnc(N/N=C/c2ccc(Nc3cccc(C(F)(F)F)c3)cn2)nc1-c1cncc(C2CC2)c1. The van der Waals surface area contributed by atoms with Crippen molar-refractivity contribution < 1.29 is 17.6 Å². The number of hydrogen-bond acceptors (Lipinski definition) is 7. The van der Waals surface area contributed by atoms with Crippen LogP contribution in [0.25, 0.3) is 11.3 Å². The van der Waals surface area contributed by atoms with Gasteiger partial charge >= 0.3 is 6.18 Å². The number of hydrogen-bond donors (Lipinski definition) is 2. The lowest BCUT2D eigenvalue weighted by molar-refractivity contribution is -0.137. The number of nitrogens with zero attached hydrogens (tertiary/aromatic N) is 5. The van der Waals surface area contributed by atoms with Crippen molar-refractivity contribution in [2.75, 3.05) is 10.7 Å². The summed E-state index contributed by atoms with van der Waals surface area (Å²) in [4.78, 5) is 16.5. The molecule has 196 valence electrons. The van der Waals surface area contributed by atoms with Crippen molar-refractivity contribution in [3.63, 3.8) is 0 Å². The van der Waals surface area contributed by atoms with Crippen molar-refractivity contribution in [3.8, 4) is 11.3 Å². The topological polar surface area (TPSA) is 88.0 Å². The standard InChI is InChI=1S/C25H19F4N7.C2H6/c26-22-14-32-24(35-23(22)17-8-16(10-30-11-17)15-4-5-15)36-33-13-20-6-7-21(12-31-20)34-19-3-1-2-18(9-19)25(27,28)29;1-2/h1-3,6-15,34H,4-5H2,(H,32,35,36);1-2H3/b33-13+;. The van der Waals surface area contributed by atoms with Crippen LogP contribution in [-0.4, -0.2) is 26.2 Å². The van der Waals surface area contributed by atoms with Gasteiger partial charge in [-0.05, 0) is 60.7 Å². The molecular weight excluding hydrogens is 498 g/mol. The molecule has 1 aromatic carbocycles. The number of benzene rings is 1. The highest BCUT2D eigenvalue weighted by molar-refractivity contribution is 5.78. The van der Waals surface area contributed by atoms with Gasteiger partial charge in [0.05, 0.1) is 35.6 Å². The van der Waals surface area contributed by atoms with Crippen LogP contribution in [0.5, 0.6) is 0 Å². The Hall–Kier alpha value is -4.41. The summed E-state index contributed by atoms with van der Waals surface area (Å²) in [5, 5.41) is 6.92. The van der Waals surface area contributed by atoms with Crippen molar-refractivity contribution in [2.24, 2.45) is 5.10 Å². The molecule has 38 heavy (non-hydrogen) atoms. The lowest BCUT2D eigenvalue weighted by Gasteiger charge is -2.10. The molecule has 0 unspecified atom stereocenters. The van der Waals surface area contributed by atoms with Crippen LogP contribution in [-0.2, 0) is 6.18 Å². The maximum absolute atomic E-state index is 14.4. The molecule has 1 aliphatic rings. The van der Waals surface area contributed by atoms with Gasteiger partial charge in [0.2, 0.25) is 5.95 Å². The summed E-state index contributed by atoms with van der Waals surface area (Å²) >= 11 is 0. The first kappa shape index (κ1) is 26.6. The zero-order valence-electron chi connectivity index (χ0n) is 20.7. The van der Waals surface area contributed by atoms with Crippen LogP contribution in [0.1, 0.15) is 49.4 Å². The lowest BCUT2D eigenvalue weighted by Crippen LogP contribution is -2.05. The van der Waals surface area contributed by atoms with E-state index in [1.54, 1.807) is 24.5 Å². The Morgan fingerprint density at radius 2 is 1.76 bits per heavy atom. The van der Waals surface area contributed by atoms with Crippen LogP contribution >= 0.6 is 0 Å². The summed E-state index contributed by atoms with van der Waals surface area (Å²) in [5.74, 6) is 0.01000. The molecule has 2 N–H and O–H groups in total. The molecule has 3 aromatic heterocycles. The third-order valence-corrected chi connectivity index (χ3v) is 5.45. The molecule has 5 rings (SSSR count). The van der Waals surface area contributed by atoms with Crippen molar-refractivity contribution >= 4 is 23.5 Å². The maximum atomic E-state index is 14.4.